The Balaban J connectivity index is 2.32. The molecule has 0 heterocycles. The van der Waals surface area contributed by atoms with Crippen molar-refractivity contribution in [2.24, 2.45) is 0 Å². The number of non-ortho nitro benzene ring substituents is 1. The Kier molecular flexibility index (Phi) is 4.44. The molecule has 5 nitrogen and oxygen atoms in total. The Labute approximate surface area is 124 Å². The summed E-state index contributed by atoms with van der Waals surface area (Å²) >= 11 is 11.9. The van der Waals surface area contributed by atoms with Gasteiger partial charge < -0.3 is 9.84 Å². The van der Waals surface area contributed by atoms with E-state index in [0.717, 1.165) is 0 Å². The molecular weight excluding hydrogens is 305 g/mol. The van der Waals surface area contributed by atoms with E-state index in [4.69, 9.17) is 33.0 Å². The lowest BCUT2D eigenvalue weighted by molar-refractivity contribution is -0.384. The molecule has 0 saturated heterocycles. The molecule has 0 radical (unpaired) electrons. The first-order chi connectivity index (χ1) is 9.51. The zero-order valence-electron chi connectivity index (χ0n) is 10.0. The second kappa shape index (κ2) is 6.09. The summed E-state index contributed by atoms with van der Waals surface area (Å²) in [5.74, 6) is 0.531. The largest absolute Gasteiger partial charge is 0.455 e. The van der Waals surface area contributed by atoms with Crippen LogP contribution in [0, 0.1) is 10.1 Å². The molecule has 1 N–H and O–H groups in total. The number of benzene rings is 2. The van der Waals surface area contributed by atoms with Gasteiger partial charge in [0.05, 0.1) is 22.6 Å². The lowest BCUT2D eigenvalue weighted by Crippen LogP contribution is -1.91. The quantitative estimate of drug-likeness (QED) is 0.678. The van der Waals surface area contributed by atoms with Gasteiger partial charge in [0.15, 0.2) is 5.75 Å². The van der Waals surface area contributed by atoms with Gasteiger partial charge in [0.25, 0.3) is 5.69 Å². The normalized spacial score (nSPS) is 10.3. The van der Waals surface area contributed by atoms with Crippen LogP contribution in [0.3, 0.4) is 0 Å². The van der Waals surface area contributed by atoms with Crippen LogP contribution in [0.15, 0.2) is 36.4 Å². The van der Waals surface area contributed by atoms with Crippen LogP contribution in [0.4, 0.5) is 5.69 Å². The summed E-state index contributed by atoms with van der Waals surface area (Å²) < 4.78 is 5.48. The Hall–Kier alpha value is -1.82. The second-order valence-corrected chi connectivity index (χ2v) is 4.70. The van der Waals surface area contributed by atoms with E-state index in [0.29, 0.717) is 16.3 Å². The van der Waals surface area contributed by atoms with E-state index < -0.39 is 4.92 Å². The van der Waals surface area contributed by atoms with Gasteiger partial charge in [-0.3, -0.25) is 10.1 Å². The summed E-state index contributed by atoms with van der Waals surface area (Å²) in [7, 11) is 0. The van der Waals surface area contributed by atoms with Crippen molar-refractivity contribution in [1.82, 2.24) is 0 Å². The maximum atomic E-state index is 10.7. The predicted octanol–water partition coefficient (Wildman–Crippen LogP) is 4.19. The van der Waals surface area contributed by atoms with Crippen LogP contribution < -0.4 is 4.74 Å². The monoisotopic (exact) mass is 313 g/mol. The number of rotatable bonds is 4. The first kappa shape index (κ1) is 14.6. The fraction of sp³-hybridized carbons (Fsp3) is 0.0769. The number of hydrogen-bond acceptors (Lipinski definition) is 4. The third kappa shape index (κ3) is 3.19. The van der Waals surface area contributed by atoms with Crippen molar-refractivity contribution in [3.8, 4) is 11.5 Å². The van der Waals surface area contributed by atoms with Crippen LogP contribution in [-0.2, 0) is 6.61 Å². The zero-order chi connectivity index (χ0) is 14.7. The molecule has 0 spiro atoms. The van der Waals surface area contributed by atoms with Crippen molar-refractivity contribution >= 4 is 28.9 Å². The van der Waals surface area contributed by atoms with E-state index in [1.54, 1.807) is 12.1 Å². The van der Waals surface area contributed by atoms with Crippen LogP contribution in [-0.4, -0.2) is 10.0 Å². The van der Waals surface area contributed by atoms with E-state index in [1.165, 1.54) is 24.3 Å². The number of aliphatic hydroxyl groups is 1. The van der Waals surface area contributed by atoms with E-state index >= 15 is 0 Å². The van der Waals surface area contributed by atoms with Gasteiger partial charge in [-0.05, 0) is 23.8 Å². The van der Waals surface area contributed by atoms with Gasteiger partial charge in [0.1, 0.15) is 5.75 Å². The fourth-order valence-electron chi connectivity index (χ4n) is 1.53. The first-order valence-corrected chi connectivity index (χ1v) is 6.28. The van der Waals surface area contributed by atoms with Crippen molar-refractivity contribution < 1.29 is 14.8 Å². The van der Waals surface area contributed by atoms with Crippen LogP contribution in [0.2, 0.25) is 10.0 Å². The van der Waals surface area contributed by atoms with Gasteiger partial charge in [-0.2, -0.15) is 0 Å². The van der Waals surface area contributed by atoms with Gasteiger partial charge >= 0.3 is 0 Å². The van der Waals surface area contributed by atoms with Crippen LogP contribution in [0.5, 0.6) is 11.5 Å². The fourth-order valence-corrected chi connectivity index (χ4v) is 1.92. The lowest BCUT2D eigenvalue weighted by atomic mass is 10.2. The zero-order valence-corrected chi connectivity index (χ0v) is 11.6. The van der Waals surface area contributed by atoms with Crippen LogP contribution in [0.25, 0.3) is 0 Å². The van der Waals surface area contributed by atoms with E-state index in [2.05, 4.69) is 0 Å². The molecule has 104 valence electrons. The van der Waals surface area contributed by atoms with Crippen LogP contribution in [0.1, 0.15) is 5.56 Å². The topological polar surface area (TPSA) is 72.6 Å². The average molecular weight is 314 g/mol. The third-order valence-corrected chi connectivity index (χ3v) is 3.21. The van der Waals surface area contributed by atoms with Crippen molar-refractivity contribution in [2.75, 3.05) is 0 Å². The number of nitro groups is 1. The summed E-state index contributed by atoms with van der Waals surface area (Å²) in [4.78, 5) is 10.2. The molecule has 0 aliphatic heterocycles. The maximum absolute atomic E-state index is 10.7. The highest BCUT2D eigenvalue weighted by molar-refractivity contribution is 6.32. The minimum Gasteiger partial charge on any atom is -0.455 e. The van der Waals surface area contributed by atoms with Gasteiger partial charge in [-0.25, -0.2) is 0 Å². The molecular formula is C13H9Cl2NO4. The summed E-state index contributed by atoms with van der Waals surface area (Å²) in [6, 6.07) is 8.60. The minimum atomic E-state index is -0.537. The highest BCUT2D eigenvalue weighted by Gasteiger charge is 2.12. The molecule has 0 fully saturated rings. The number of halogens is 2. The number of aliphatic hydroxyl groups excluding tert-OH is 1. The summed E-state index contributed by atoms with van der Waals surface area (Å²) in [6.45, 7) is -0.184. The van der Waals surface area contributed by atoms with Gasteiger partial charge in [-0.15, -0.1) is 0 Å². The number of nitrogens with zero attached hydrogens (tertiary/aromatic N) is 1. The third-order valence-electron chi connectivity index (χ3n) is 2.55. The van der Waals surface area contributed by atoms with Gasteiger partial charge in [0, 0.05) is 11.1 Å². The van der Waals surface area contributed by atoms with Crippen molar-refractivity contribution in [3.05, 3.63) is 62.1 Å². The maximum Gasteiger partial charge on any atom is 0.273 e. The number of ether oxygens (including phenoxy) is 1. The van der Waals surface area contributed by atoms with Crippen molar-refractivity contribution in [2.45, 2.75) is 6.61 Å². The molecule has 0 aliphatic rings. The van der Waals surface area contributed by atoms with E-state index in [-0.39, 0.29) is 23.1 Å². The lowest BCUT2D eigenvalue weighted by Gasteiger charge is -2.09. The highest BCUT2D eigenvalue weighted by atomic mass is 35.5. The molecule has 2 aromatic rings. The molecule has 2 aromatic carbocycles. The summed E-state index contributed by atoms with van der Waals surface area (Å²) in [5, 5.41) is 20.3. The summed E-state index contributed by atoms with van der Waals surface area (Å²) in [6.07, 6.45) is 0. The predicted molar refractivity (Wildman–Crippen MR) is 75.6 cm³/mol. The van der Waals surface area contributed by atoms with Crippen molar-refractivity contribution in [1.29, 1.82) is 0 Å². The Bertz CT molecular complexity index is 661. The van der Waals surface area contributed by atoms with Gasteiger partial charge in [0.2, 0.25) is 0 Å². The molecule has 0 amide bonds. The Morgan fingerprint density at radius 1 is 1.15 bits per heavy atom. The molecule has 0 aliphatic carbocycles. The molecule has 0 atom stereocenters. The van der Waals surface area contributed by atoms with Crippen LogP contribution >= 0.6 is 23.2 Å². The average Bonchev–Trinajstić information content (AvgIpc) is 2.41. The Morgan fingerprint density at radius 2 is 1.90 bits per heavy atom. The second-order valence-electron chi connectivity index (χ2n) is 3.89. The van der Waals surface area contributed by atoms with Gasteiger partial charge in [-0.1, -0.05) is 29.3 Å². The minimum absolute atomic E-state index is 0.123. The standard InChI is InChI=1S/C13H9Cl2NO4/c14-11-4-2-9(16(18)19)5-13(11)20-10-3-1-8(7-17)12(15)6-10/h1-6,17H,7H2. The highest BCUT2D eigenvalue weighted by Crippen LogP contribution is 2.34. The number of hydrogen-bond donors (Lipinski definition) is 1. The Morgan fingerprint density at radius 3 is 2.50 bits per heavy atom. The van der Waals surface area contributed by atoms with Crippen molar-refractivity contribution in [3.63, 3.8) is 0 Å². The molecule has 0 aromatic heterocycles. The molecule has 0 bridgehead atoms. The summed E-state index contributed by atoms with van der Waals surface area (Å²) in [5.41, 5.74) is 0.437. The molecule has 20 heavy (non-hydrogen) atoms. The number of nitro benzene ring substituents is 1. The van der Waals surface area contributed by atoms with E-state index in [1.807, 2.05) is 0 Å². The molecule has 0 saturated carbocycles. The first-order valence-electron chi connectivity index (χ1n) is 5.52. The molecule has 0 unspecified atom stereocenters. The molecule has 2 rings (SSSR count). The SMILES string of the molecule is O=[N+]([O-])c1ccc(Cl)c(Oc2ccc(CO)c(Cl)c2)c1. The smallest absolute Gasteiger partial charge is 0.273 e. The molecule has 7 heteroatoms. The van der Waals surface area contributed by atoms with E-state index in [9.17, 15) is 10.1 Å².